The Kier molecular flexibility index (Phi) is 6.48. The first kappa shape index (κ1) is 20.9. The molecule has 0 aliphatic carbocycles. The van der Waals surface area contributed by atoms with Gasteiger partial charge in [0.1, 0.15) is 0 Å². The van der Waals surface area contributed by atoms with Crippen molar-refractivity contribution in [2.75, 3.05) is 7.05 Å². The van der Waals surface area contributed by atoms with Gasteiger partial charge in [0.25, 0.3) is 5.91 Å². The second kappa shape index (κ2) is 9.63. The number of benzene rings is 3. The third kappa shape index (κ3) is 4.86. The first-order valence-electron chi connectivity index (χ1n) is 10.3. The molecular formula is C26H24ClN3O. The average molecular weight is 430 g/mol. The lowest BCUT2D eigenvalue weighted by molar-refractivity contribution is 0.0780. The monoisotopic (exact) mass is 429 g/mol. The molecule has 0 aliphatic heterocycles. The minimum Gasteiger partial charge on any atom is -0.336 e. The number of imidazole rings is 1. The van der Waals surface area contributed by atoms with Crippen molar-refractivity contribution in [2.45, 2.75) is 19.5 Å². The van der Waals surface area contributed by atoms with Gasteiger partial charge in [-0.2, -0.15) is 0 Å². The highest BCUT2D eigenvalue weighted by molar-refractivity contribution is 6.31. The summed E-state index contributed by atoms with van der Waals surface area (Å²) in [5.74, 6) is -0.128. The molecule has 5 heteroatoms. The van der Waals surface area contributed by atoms with Gasteiger partial charge in [-0.25, -0.2) is 4.98 Å². The lowest BCUT2D eigenvalue weighted by Crippen LogP contribution is -2.27. The molecule has 31 heavy (non-hydrogen) atoms. The summed E-state index contributed by atoms with van der Waals surface area (Å²) in [6.07, 6.45) is 2.63. The number of aromatic nitrogens is 2. The van der Waals surface area contributed by atoms with Crippen molar-refractivity contribution in [1.82, 2.24) is 14.5 Å². The van der Waals surface area contributed by atoms with Crippen molar-refractivity contribution >= 4 is 17.5 Å². The summed E-state index contributed by atoms with van der Waals surface area (Å²) in [6.45, 7) is 1.16. The summed E-state index contributed by atoms with van der Waals surface area (Å²) in [6, 6.07) is 27.9. The van der Waals surface area contributed by atoms with Crippen LogP contribution in [0.5, 0.6) is 0 Å². The molecule has 4 aromatic rings. The average Bonchev–Trinajstić information content (AvgIpc) is 3.24. The van der Waals surface area contributed by atoms with Gasteiger partial charge in [-0.15, -0.1) is 0 Å². The van der Waals surface area contributed by atoms with Crippen LogP contribution in [0.4, 0.5) is 0 Å². The van der Waals surface area contributed by atoms with E-state index < -0.39 is 0 Å². The van der Waals surface area contributed by atoms with E-state index in [1.165, 1.54) is 5.56 Å². The summed E-state index contributed by atoms with van der Waals surface area (Å²) in [4.78, 5) is 19.5. The third-order valence-corrected chi connectivity index (χ3v) is 5.65. The molecule has 0 unspecified atom stereocenters. The summed E-state index contributed by atoms with van der Waals surface area (Å²) < 4.78 is 2.07. The van der Waals surface area contributed by atoms with Crippen LogP contribution >= 0.6 is 11.6 Å². The number of halogens is 1. The third-order valence-electron chi connectivity index (χ3n) is 5.28. The number of aryl methyl sites for hydroxylation is 2. The number of nitrogens with zero attached hydrogens (tertiary/aromatic N) is 3. The molecule has 156 valence electrons. The molecule has 0 saturated heterocycles. The molecule has 1 amide bonds. The minimum atomic E-state index is -0.128. The zero-order valence-electron chi connectivity index (χ0n) is 17.4. The number of carbonyl (C=O) groups excluding carboxylic acids is 1. The highest BCUT2D eigenvalue weighted by atomic mass is 35.5. The van der Waals surface area contributed by atoms with E-state index in [9.17, 15) is 4.79 Å². The smallest absolute Gasteiger partial charge is 0.274 e. The van der Waals surface area contributed by atoms with E-state index >= 15 is 0 Å². The highest BCUT2D eigenvalue weighted by Gasteiger charge is 2.23. The fourth-order valence-electron chi connectivity index (χ4n) is 3.64. The van der Waals surface area contributed by atoms with Crippen LogP contribution in [0.3, 0.4) is 0 Å². The van der Waals surface area contributed by atoms with E-state index in [1.807, 2.05) is 72.8 Å². The molecule has 1 heterocycles. The van der Waals surface area contributed by atoms with Crippen LogP contribution < -0.4 is 0 Å². The van der Waals surface area contributed by atoms with Crippen molar-refractivity contribution in [3.05, 3.63) is 113 Å². The Hall–Kier alpha value is -3.37. The van der Waals surface area contributed by atoms with E-state index in [4.69, 9.17) is 11.6 Å². The Bertz CT molecular complexity index is 1160. The maximum absolute atomic E-state index is 13.3. The van der Waals surface area contributed by atoms with Gasteiger partial charge < -0.3 is 9.47 Å². The first-order chi connectivity index (χ1) is 15.1. The van der Waals surface area contributed by atoms with Crippen molar-refractivity contribution in [1.29, 1.82) is 0 Å². The van der Waals surface area contributed by atoms with Crippen molar-refractivity contribution < 1.29 is 4.79 Å². The lowest BCUT2D eigenvalue weighted by atomic mass is 10.1. The van der Waals surface area contributed by atoms with Gasteiger partial charge in [0.2, 0.25) is 0 Å². The van der Waals surface area contributed by atoms with E-state index in [-0.39, 0.29) is 5.91 Å². The standard InChI is InChI=1S/C26H24ClN3O/c1-29(18-22-14-8-9-15-23(22)27)26(31)24-25(21-12-6-3-7-13-21)30(19-28-24)17-16-20-10-4-2-5-11-20/h2-15,19H,16-18H2,1H3. The van der Waals surface area contributed by atoms with Crippen LogP contribution in [-0.2, 0) is 19.5 Å². The fourth-order valence-corrected chi connectivity index (χ4v) is 3.83. The lowest BCUT2D eigenvalue weighted by Gasteiger charge is -2.18. The van der Waals surface area contributed by atoms with E-state index in [1.54, 1.807) is 18.3 Å². The Labute approximate surface area is 187 Å². The van der Waals surface area contributed by atoms with Crippen LogP contribution in [0, 0.1) is 0 Å². The molecule has 0 atom stereocenters. The van der Waals surface area contributed by atoms with Gasteiger partial charge in [-0.05, 0) is 23.6 Å². The number of amides is 1. The molecule has 0 spiro atoms. The maximum Gasteiger partial charge on any atom is 0.274 e. The SMILES string of the molecule is CN(Cc1ccccc1Cl)C(=O)c1ncn(CCc2ccccc2)c1-c1ccccc1. The Morgan fingerprint density at radius 1 is 0.935 bits per heavy atom. The molecular weight excluding hydrogens is 406 g/mol. The first-order valence-corrected chi connectivity index (χ1v) is 10.6. The molecule has 0 radical (unpaired) electrons. The quantitative estimate of drug-likeness (QED) is 0.377. The van der Waals surface area contributed by atoms with Gasteiger partial charge in [-0.1, -0.05) is 90.5 Å². The second-order valence-electron chi connectivity index (χ2n) is 7.49. The van der Waals surface area contributed by atoms with Gasteiger partial charge in [-0.3, -0.25) is 4.79 Å². The Balaban J connectivity index is 1.63. The normalized spacial score (nSPS) is 10.8. The number of hydrogen-bond acceptors (Lipinski definition) is 2. The zero-order chi connectivity index (χ0) is 21.6. The number of hydrogen-bond donors (Lipinski definition) is 0. The second-order valence-corrected chi connectivity index (χ2v) is 7.90. The molecule has 0 fully saturated rings. The predicted octanol–water partition coefficient (Wildman–Crippen LogP) is 5.72. The highest BCUT2D eigenvalue weighted by Crippen LogP contribution is 2.26. The number of rotatable bonds is 7. The molecule has 0 bridgehead atoms. The Morgan fingerprint density at radius 2 is 1.58 bits per heavy atom. The molecule has 3 aromatic carbocycles. The van der Waals surface area contributed by atoms with E-state index in [0.717, 1.165) is 29.8 Å². The van der Waals surface area contributed by atoms with Crippen LogP contribution in [0.25, 0.3) is 11.3 Å². The summed E-state index contributed by atoms with van der Waals surface area (Å²) in [5, 5.41) is 0.652. The van der Waals surface area contributed by atoms with Gasteiger partial charge >= 0.3 is 0 Å². The van der Waals surface area contributed by atoms with Crippen LogP contribution in [0.15, 0.2) is 91.3 Å². The van der Waals surface area contributed by atoms with Gasteiger partial charge in [0, 0.05) is 30.7 Å². The topological polar surface area (TPSA) is 38.1 Å². The van der Waals surface area contributed by atoms with Crippen molar-refractivity contribution in [2.24, 2.45) is 0 Å². The summed E-state index contributed by atoms with van der Waals surface area (Å²) >= 11 is 6.29. The van der Waals surface area contributed by atoms with E-state index in [0.29, 0.717) is 17.3 Å². The van der Waals surface area contributed by atoms with Gasteiger partial charge in [0.05, 0.1) is 12.0 Å². The van der Waals surface area contributed by atoms with Gasteiger partial charge in [0.15, 0.2) is 5.69 Å². The fraction of sp³-hybridized carbons (Fsp3) is 0.154. The minimum absolute atomic E-state index is 0.128. The predicted molar refractivity (Wildman–Crippen MR) is 125 cm³/mol. The van der Waals surface area contributed by atoms with Crippen molar-refractivity contribution in [3.8, 4) is 11.3 Å². The summed E-state index contributed by atoms with van der Waals surface area (Å²) in [5.41, 5.74) is 4.42. The Morgan fingerprint density at radius 3 is 2.29 bits per heavy atom. The summed E-state index contributed by atoms with van der Waals surface area (Å²) in [7, 11) is 1.78. The molecule has 0 saturated carbocycles. The molecule has 4 rings (SSSR count). The van der Waals surface area contributed by atoms with Crippen molar-refractivity contribution in [3.63, 3.8) is 0 Å². The van der Waals surface area contributed by atoms with Crippen LogP contribution in [0.2, 0.25) is 5.02 Å². The zero-order valence-corrected chi connectivity index (χ0v) is 18.2. The molecule has 0 N–H and O–H groups in total. The number of carbonyl (C=O) groups is 1. The molecule has 0 aliphatic rings. The van der Waals surface area contributed by atoms with Crippen LogP contribution in [0.1, 0.15) is 21.6 Å². The molecule has 1 aromatic heterocycles. The maximum atomic E-state index is 13.3. The van der Waals surface area contributed by atoms with Crippen LogP contribution in [-0.4, -0.2) is 27.4 Å². The largest absolute Gasteiger partial charge is 0.336 e. The van der Waals surface area contributed by atoms with E-state index in [2.05, 4.69) is 21.7 Å². The molecule has 4 nitrogen and oxygen atoms in total.